The maximum atomic E-state index is 9.39. The third-order valence-electron chi connectivity index (χ3n) is 3.76. The molecule has 0 aromatic carbocycles. The minimum atomic E-state index is 0.266. The van der Waals surface area contributed by atoms with E-state index in [4.69, 9.17) is 0 Å². The van der Waals surface area contributed by atoms with Crippen LogP contribution in [-0.4, -0.2) is 23.8 Å². The van der Waals surface area contributed by atoms with Gasteiger partial charge in [0.1, 0.15) is 0 Å². The van der Waals surface area contributed by atoms with E-state index in [1.165, 1.54) is 12.8 Å². The number of aliphatic hydroxyl groups excluding tert-OH is 1. The van der Waals surface area contributed by atoms with E-state index in [2.05, 4.69) is 39.9 Å². The molecule has 1 aliphatic carbocycles. The number of hydrogen-bond acceptors (Lipinski definition) is 2. The van der Waals surface area contributed by atoms with Crippen molar-refractivity contribution in [2.24, 2.45) is 17.3 Å². The van der Waals surface area contributed by atoms with E-state index < -0.39 is 0 Å². The van der Waals surface area contributed by atoms with Crippen molar-refractivity contribution in [2.75, 3.05) is 6.61 Å². The molecule has 0 aromatic rings. The molecule has 3 unspecified atom stereocenters. The van der Waals surface area contributed by atoms with Crippen LogP contribution in [0.1, 0.15) is 53.9 Å². The predicted octanol–water partition coefficient (Wildman–Crippen LogP) is 2.81. The van der Waals surface area contributed by atoms with Gasteiger partial charge >= 0.3 is 0 Å². The molecule has 0 aromatic heterocycles. The highest BCUT2D eigenvalue weighted by molar-refractivity contribution is 4.92. The first-order chi connectivity index (χ1) is 7.34. The van der Waals surface area contributed by atoms with Crippen LogP contribution < -0.4 is 5.32 Å². The van der Waals surface area contributed by atoms with Crippen LogP contribution in [0.2, 0.25) is 0 Å². The van der Waals surface area contributed by atoms with Gasteiger partial charge < -0.3 is 10.4 Å². The zero-order chi connectivity index (χ0) is 12.3. The minimum Gasteiger partial charge on any atom is -0.395 e. The average Bonchev–Trinajstić information content (AvgIpc) is 2.37. The molecule has 1 fully saturated rings. The molecule has 0 spiro atoms. The highest BCUT2D eigenvalue weighted by Gasteiger charge is 2.37. The molecule has 16 heavy (non-hydrogen) atoms. The van der Waals surface area contributed by atoms with Gasteiger partial charge in [0, 0.05) is 12.1 Å². The van der Waals surface area contributed by atoms with Crippen molar-refractivity contribution in [3.8, 4) is 0 Å². The Kier molecular flexibility index (Phi) is 4.81. The molecule has 0 radical (unpaired) electrons. The summed E-state index contributed by atoms with van der Waals surface area (Å²) in [6, 6.07) is 0.868. The van der Waals surface area contributed by atoms with E-state index >= 15 is 0 Å². The van der Waals surface area contributed by atoms with Crippen LogP contribution >= 0.6 is 0 Å². The molecule has 3 atom stereocenters. The van der Waals surface area contributed by atoms with Crippen molar-refractivity contribution in [3.05, 3.63) is 0 Å². The van der Waals surface area contributed by atoms with Gasteiger partial charge in [0.25, 0.3) is 0 Å². The molecule has 1 saturated carbocycles. The van der Waals surface area contributed by atoms with Crippen molar-refractivity contribution in [1.29, 1.82) is 0 Å². The number of rotatable bonds is 5. The molecular formula is C14H29NO. The molecule has 0 aliphatic heterocycles. The summed E-state index contributed by atoms with van der Waals surface area (Å²) in [5.41, 5.74) is 0.467. The van der Waals surface area contributed by atoms with Crippen molar-refractivity contribution >= 4 is 0 Å². The third-order valence-corrected chi connectivity index (χ3v) is 3.76. The molecule has 0 saturated heterocycles. The maximum Gasteiger partial charge on any atom is 0.0584 e. The Labute approximate surface area is 101 Å². The summed E-state index contributed by atoms with van der Waals surface area (Å²) in [4.78, 5) is 0. The molecule has 2 heteroatoms. The van der Waals surface area contributed by atoms with Crippen molar-refractivity contribution in [3.63, 3.8) is 0 Å². The van der Waals surface area contributed by atoms with Crippen LogP contribution in [0.3, 0.4) is 0 Å². The van der Waals surface area contributed by atoms with Crippen molar-refractivity contribution in [2.45, 2.75) is 66.0 Å². The second-order valence-corrected chi connectivity index (χ2v) is 6.83. The summed E-state index contributed by atoms with van der Waals surface area (Å²) in [7, 11) is 0. The quantitative estimate of drug-likeness (QED) is 0.757. The predicted molar refractivity (Wildman–Crippen MR) is 69.4 cm³/mol. The van der Waals surface area contributed by atoms with Gasteiger partial charge in [-0.3, -0.25) is 0 Å². The Morgan fingerprint density at radius 1 is 1.31 bits per heavy atom. The Hall–Kier alpha value is -0.0800. The zero-order valence-corrected chi connectivity index (χ0v) is 11.6. The Morgan fingerprint density at radius 2 is 1.94 bits per heavy atom. The number of hydrogen-bond donors (Lipinski definition) is 2. The van der Waals surface area contributed by atoms with E-state index in [0.29, 0.717) is 17.4 Å². The normalized spacial score (nSPS) is 30.9. The van der Waals surface area contributed by atoms with E-state index in [1.54, 1.807) is 0 Å². The van der Waals surface area contributed by atoms with E-state index in [9.17, 15) is 5.11 Å². The van der Waals surface area contributed by atoms with Gasteiger partial charge in [-0.25, -0.2) is 0 Å². The first-order valence-electron chi connectivity index (χ1n) is 6.71. The molecule has 2 nitrogen and oxygen atoms in total. The van der Waals surface area contributed by atoms with E-state index in [-0.39, 0.29) is 12.6 Å². The summed E-state index contributed by atoms with van der Waals surface area (Å²) in [5.74, 6) is 1.38. The summed E-state index contributed by atoms with van der Waals surface area (Å²) >= 11 is 0. The maximum absolute atomic E-state index is 9.39. The molecule has 0 heterocycles. The highest BCUT2D eigenvalue weighted by atomic mass is 16.3. The molecule has 96 valence electrons. The van der Waals surface area contributed by atoms with E-state index in [0.717, 1.165) is 12.3 Å². The van der Waals surface area contributed by atoms with Gasteiger partial charge in [-0.05, 0) is 36.5 Å². The van der Waals surface area contributed by atoms with Gasteiger partial charge in [-0.2, -0.15) is 0 Å². The standard InChI is InChI=1S/C14H29NO/c1-10(2)6-12(9-16)15-13-8-14(4,5)7-11(13)3/h10-13,15-16H,6-9H2,1-5H3. The van der Waals surface area contributed by atoms with Crippen molar-refractivity contribution < 1.29 is 5.11 Å². The molecule has 2 N–H and O–H groups in total. The summed E-state index contributed by atoms with van der Waals surface area (Å²) in [6.45, 7) is 11.7. The second-order valence-electron chi connectivity index (χ2n) is 6.83. The third kappa shape index (κ3) is 4.06. The lowest BCUT2D eigenvalue weighted by atomic mass is 9.91. The number of aliphatic hydroxyl groups is 1. The zero-order valence-electron chi connectivity index (χ0n) is 11.6. The SMILES string of the molecule is CC(C)CC(CO)NC1CC(C)(C)CC1C. The summed E-state index contributed by atoms with van der Waals surface area (Å²) in [6.07, 6.45) is 3.60. The van der Waals surface area contributed by atoms with Crippen LogP contribution in [0.4, 0.5) is 0 Å². The second kappa shape index (κ2) is 5.50. The van der Waals surface area contributed by atoms with Crippen LogP contribution in [0, 0.1) is 17.3 Å². The lowest BCUT2D eigenvalue weighted by Gasteiger charge is -2.26. The van der Waals surface area contributed by atoms with Crippen LogP contribution in [0.15, 0.2) is 0 Å². The number of nitrogens with one attached hydrogen (secondary N) is 1. The smallest absolute Gasteiger partial charge is 0.0584 e. The largest absolute Gasteiger partial charge is 0.395 e. The van der Waals surface area contributed by atoms with E-state index in [1.807, 2.05) is 0 Å². The molecule has 0 bridgehead atoms. The molecular weight excluding hydrogens is 198 g/mol. The fourth-order valence-corrected chi connectivity index (χ4v) is 3.18. The van der Waals surface area contributed by atoms with Crippen LogP contribution in [-0.2, 0) is 0 Å². The van der Waals surface area contributed by atoms with Crippen molar-refractivity contribution in [1.82, 2.24) is 5.32 Å². The first-order valence-corrected chi connectivity index (χ1v) is 6.71. The first kappa shape index (κ1) is 14.0. The monoisotopic (exact) mass is 227 g/mol. The Balaban J connectivity index is 2.46. The average molecular weight is 227 g/mol. The van der Waals surface area contributed by atoms with Gasteiger partial charge in [-0.15, -0.1) is 0 Å². The van der Waals surface area contributed by atoms with Gasteiger partial charge in [-0.1, -0.05) is 34.6 Å². The Bertz CT molecular complexity index is 213. The highest BCUT2D eigenvalue weighted by Crippen LogP contribution is 2.41. The fourth-order valence-electron chi connectivity index (χ4n) is 3.18. The molecule has 1 aliphatic rings. The summed E-state index contributed by atoms with van der Waals surface area (Å²) in [5, 5.41) is 13.0. The topological polar surface area (TPSA) is 32.3 Å². The Morgan fingerprint density at radius 3 is 2.31 bits per heavy atom. The lowest BCUT2D eigenvalue weighted by molar-refractivity contribution is 0.204. The lowest BCUT2D eigenvalue weighted by Crippen LogP contribution is -2.42. The fraction of sp³-hybridized carbons (Fsp3) is 1.00. The van der Waals surface area contributed by atoms with Crippen LogP contribution in [0.25, 0.3) is 0 Å². The molecule has 0 amide bonds. The summed E-state index contributed by atoms with van der Waals surface area (Å²) < 4.78 is 0. The van der Waals surface area contributed by atoms with Gasteiger partial charge in [0.05, 0.1) is 6.61 Å². The minimum absolute atomic E-state index is 0.266. The van der Waals surface area contributed by atoms with Gasteiger partial charge in [0.15, 0.2) is 0 Å². The molecule has 1 rings (SSSR count). The van der Waals surface area contributed by atoms with Gasteiger partial charge in [0.2, 0.25) is 0 Å². The van der Waals surface area contributed by atoms with Crippen LogP contribution in [0.5, 0.6) is 0 Å².